The van der Waals surface area contributed by atoms with E-state index in [-0.39, 0.29) is 11.9 Å². The van der Waals surface area contributed by atoms with E-state index in [1.807, 2.05) is 19.1 Å². The molecule has 1 unspecified atom stereocenters. The summed E-state index contributed by atoms with van der Waals surface area (Å²) in [4.78, 5) is 12.9. The van der Waals surface area contributed by atoms with Gasteiger partial charge >= 0.3 is 0 Å². The molecule has 2 rings (SSSR count). The molecule has 1 amide bonds. The SMILES string of the molecule is CC(NC(=O)c1cccc(S)c1)c1ccc(Cl)cc1Cl. The van der Waals surface area contributed by atoms with Crippen molar-refractivity contribution in [2.45, 2.75) is 17.9 Å². The van der Waals surface area contributed by atoms with Gasteiger partial charge in [0.1, 0.15) is 0 Å². The molecule has 0 saturated heterocycles. The van der Waals surface area contributed by atoms with Gasteiger partial charge in [-0.2, -0.15) is 0 Å². The van der Waals surface area contributed by atoms with Gasteiger partial charge in [0, 0.05) is 20.5 Å². The number of carbonyl (C=O) groups excluding carboxylic acids is 1. The van der Waals surface area contributed by atoms with E-state index < -0.39 is 0 Å². The van der Waals surface area contributed by atoms with Crippen LogP contribution in [0, 0.1) is 0 Å². The number of nitrogens with one attached hydrogen (secondary N) is 1. The Kier molecular flexibility index (Phi) is 4.97. The largest absolute Gasteiger partial charge is 0.345 e. The third-order valence-electron chi connectivity index (χ3n) is 2.88. The van der Waals surface area contributed by atoms with Gasteiger partial charge in [0.15, 0.2) is 0 Å². The minimum atomic E-state index is -0.212. The summed E-state index contributed by atoms with van der Waals surface area (Å²) >= 11 is 16.2. The number of carbonyl (C=O) groups is 1. The fourth-order valence-electron chi connectivity index (χ4n) is 1.86. The van der Waals surface area contributed by atoms with Crippen LogP contribution in [0.4, 0.5) is 0 Å². The van der Waals surface area contributed by atoms with Gasteiger partial charge in [-0.1, -0.05) is 35.3 Å². The zero-order valence-electron chi connectivity index (χ0n) is 10.7. The van der Waals surface area contributed by atoms with Crippen LogP contribution in [-0.2, 0) is 0 Å². The molecule has 0 saturated carbocycles. The highest BCUT2D eigenvalue weighted by molar-refractivity contribution is 7.80. The quantitative estimate of drug-likeness (QED) is 0.782. The molecule has 0 spiro atoms. The molecule has 0 aliphatic carbocycles. The number of rotatable bonds is 3. The first-order valence-electron chi connectivity index (χ1n) is 6.02. The van der Waals surface area contributed by atoms with E-state index in [1.165, 1.54) is 0 Å². The first kappa shape index (κ1) is 15.2. The summed E-state index contributed by atoms with van der Waals surface area (Å²) in [5.74, 6) is -0.167. The van der Waals surface area contributed by atoms with Crippen molar-refractivity contribution in [1.29, 1.82) is 0 Å². The van der Waals surface area contributed by atoms with Crippen molar-refractivity contribution in [3.63, 3.8) is 0 Å². The normalized spacial score (nSPS) is 12.0. The predicted molar refractivity (Wildman–Crippen MR) is 86.0 cm³/mol. The van der Waals surface area contributed by atoms with Crippen LogP contribution in [0.3, 0.4) is 0 Å². The summed E-state index contributed by atoms with van der Waals surface area (Å²) in [6.07, 6.45) is 0. The van der Waals surface area contributed by atoms with Crippen LogP contribution in [0.2, 0.25) is 10.0 Å². The fraction of sp³-hybridized carbons (Fsp3) is 0.133. The van der Waals surface area contributed by atoms with Gasteiger partial charge in [0.05, 0.1) is 6.04 Å². The maximum absolute atomic E-state index is 12.1. The highest BCUT2D eigenvalue weighted by atomic mass is 35.5. The molecular weight excluding hydrogens is 313 g/mol. The van der Waals surface area contributed by atoms with Crippen LogP contribution in [0.15, 0.2) is 47.4 Å². The maximum Gasteiger partial charge on any atom is 0.251 e. The summed E-state index contributed by atoms with van der Waals surface area (Å²) in [6, 6.07) is 12.1. The van der Waals surface area contributed by atoms with Gasteiger partial charge in [-0.15, -0.1) is 12.6 Å². The van der Waals surface area contributed by atoms with Gasteiger partial charge in [-0.3, -0.25) is 4.79 Å². The van der Waals surface area contributed by atoms with E-state index in [0.29, 0.717) is 15.6 Å². The number of hydrogen-bond acceptors (Lipinski definition) is 2. The second-order valence-corrected chi connectivity index (χ2v) is 5.77. The van der Waals surface area contributed by atoms with Crippen molar-refractivity contribution in [2.24, 2.45) is 0 Å². The van der Waals surface area contributed by atoms with Crippen LogP contribution >= 0.6 is 35.8 Å². The standard InChI is InChI=1S/C15H13Cl2NOS/c1-9(13-6-5-11(16)8-14(13)17)18-15(19)10-3-2-4-12(20)7-10/h2-9,20H,1H3,(H,18,19). The van der Waals surface area contributed by atoms with E-state index >= 15 is 0 Å². The molecule has 0 aliphatic rings. The molecule has 1 atom stereocenters. The lowest BCUT2D eigenvalue weighted by atomic mass is 10.1. The Morgan fingerprint density at radius 3 is 2.60 bits per heavy atom. The molecule has 0 aliphatic heterocycles. The Bertz CT molecular complexity index is 646. The van der Waals surface area contributed by atoms with Crippen molar-refractivity contribution in [3.05, 3.63) is 63.6 Å². The number of thiol groups is 1. The van der Waals surface area contributed by atoms with Crippen LogP contribution in [0.1, 0.15) is 28.9 Å². The smallest absolute Gasteiger partial charge is 0.251 e. The van der Waals surface area contributed by atoms with Crippen molar-refractivity contribution in [3.8, 4) is 0 Å². The van der Waals surface area contributed by atoms with E-state index in [4.69, 9.17) is 23.2 Å². The molecule has 0 radical (unpaired) electrons. The highest BCUT2D eigenvalue weighted by Crippen LogP contribution is 2.26. The summed E-state index contributed by atoms with van der Waals surface area (Å²) in [7, 11) is 0. The van der Waals surface area contributed by atoms with Crippen LogP contribution in [0.25, 0.3) is 0 Å². The lowest BCUT2D eigenvalue weighted by molar-refractivity contribution is 0.0939. The first-order valence-corrected chi connectivity index (χ1v) is 7.22. The molecule has 2 aromatic carbocycles. The Morgan fingerprint density at radius 2 is 1.95 bits per heavy atom. The minimum Gasteiger partial charge on any atom is -0.345 e. The molecule has 20 heavy (non-hydrogen) atoms. The molecular formula is C15H13Cl2NOS. The zero-order chi connectivity index (χ0) is 14.7. The van der Waals surface area contributed by atoms with Crippen LogP contribution in [0.5, 0.6) is 0 Å². The van der Waals surface area contributed by atoms with Gasteiger partial charge in [0.25, 0.3) is 5.91 Å². The van der Waals surface area contributed by atoms with E-state index in [9.17, 15) is 4.79 Å². The molecule has 0 aromatic heterocycles. The van der Waals surface area contributed by atoms with Gasteiger partial charge in [-0.05, 0) is 42.8 Å². The van der Waals surface area contributed by atoms with Crippen molar-refractivity contribution in [1.82, 2.24) is 5.32 Å². The zero-order valence-corrected chi connectivity index (χ0v) is 13.1. The summed E-state index contributed by atoms with van der Waals surface area (Å²) in [5.41, 5.74) is 1.39. The average molecular weight is 326 g/mol. The van der Waals surface area contributed by atoms with Crippen LogP contribution < -0.4 is 5.32 Å². The van der Waals surface area contributed by atoms with E-state index in [2.05, 4.69) is 17.9 Å². The lowest BCUT2D eigenvalue weighted by Gasteiger charge is -2.16. The van der Waals surface area contributed by atoms with E-state index in [0.717, 1.165) is 10.5 Å². The van der Waals surface area contributed by atoms with E-state index in [1.54, 1.807) is 30.3 Å². The third kappa shape index (κ3) is 3.69. The fourth-order valence-corrected chi connectivity index (χ4v) is 2.65. The van der Waals surface area contributed by atoms with Crippen molar-refractivity contribution >= 4 is 41.7 Å². The second kappa shape index (κ2) is 6.53. The molecule has 2 nitrogen and oxygen atoms in total. The third-order valence-corrected chi connectivity index (χ3v) is 3.73. The Morgan fingerprint density at radius 1 is 1.20 bits per heavy atom. The monoisotopic (exact) mass is 325 g/mol. The minimum absolute atomic E-state index is 0.167. The van der Waals surface area contributed by atoms with Crippen LogP contribution in [-0.4, -0.2) is 5.91 Å². The molecule has 0 bridgehead atoms. The molecule has 1 N–H and O–H groups in total. The number of halogens is 2. The molecule has 104 valence electrons. The Labute approximate surface area is 133 Å². The number of benzene rings is 2. The molecule has 0 heterocycles. The summed E-state index contributed by atoms with van der Waals surface area (Å²) < 4.78 is 0. The predicted octanol–water partition coefficient (Wildman–Crippen LogP) is 4.77. The summed E-state index contributed by atoms with van der Waals surface area (Å²) in [5, 5.41) is 4.00. The second-order valence-electron chi connectivity index (χ2n) is 4.41. The Hall–Kier alpha value is -1.16. The molecule has 5 heteroatoms. The molecule has 2 aromatic rings. The van der Waals surface area contributed by atoms with Crippen molar-refractivity contribution in [2.75, 3.05) is 0 Å². The van der Waals surface area contributed by atoms with Gasteiger partial charge < -0.3 is 5.32 Å². The molecule has 0 fully saturated rings. The Balaban J connectivity index is 2.15. The average Bonchev–Trinajstić information content (AvgIpc) is 2.38. The lowest BCUT2D eigenvalue weighted by Crippen LogP contribution is -2.26. The highest BCUT2D eigenvalue weighted by Gasteiger charge is 2.14. The summed E-state index contributed by atoms with van der Waals surface area (Å²) in [6.45, 7) is 1.87. The topological polar surface area (TPSA) is 29.1 Å². The first-order chi connectivity index (χ1) is 9.47. The number of hydrogen-bond donors (Lipinski definition) is 2. The maximum atomic E-state index is 12.1. The van der Waals surface area contributed by atoms with Gasteiger partial charge in [-0.25, -0.2) is 0 Å². The van der Waals surface area contributed by atoms with Gasteiger partial charge in [0.2, 0.25) is 0 Å². The van der Waals surface area contributed by atoms with Crippen molar-refractivity contribution < 1.29 is 4.79 Å². The number of amides is 1.